The van der Waals surface area contributed by atoms with Gasteiger partial charge in [0, 0.05) is 29.8 Å². The van der Waals surface area contributed by atoms with Crippen molar-refractivity contribution in [3.8, 4) is 5.69 Å². The highest BCUT2D eigenvalue weighted by atomic mass is 35.5. The molecule has 1 N–H and O–H groups in total. The number of carbonyl (C=O) groups is 2. The number of benzene rings is 2. The molecule has 0 aliphatic heterocycles. The smallest absolute Gasteiger partial charge is 0.338 e. The lowest BCUT2D eigenvalue weighted by molar-refractivity contribution is -0.384. The van der Waals surface area contributed by atoms with Crippen LogP contribution in [-0.4, -0.2) is 28.0 Å². The lowest BCUT2D eigenvalue weighted by atomic mass is 10.2. The molecule has 0 bridgehead atoms. The van der Waals surface area contributed by atoms with Gasteiger partial charge in [-0.25, -0.2) is 4.79 Å². The normalized spacial score (nSPS) is 10.3. The number of carbonyl (C=O) groups excluding carboxylic acids is 2. The number of nitro groups is 1. The predicted molar refractivity (Wildman–Crippen MR) is 103 cm³/mol. The molecule has 0 radical (unpaired) electrons. The number of nitrogens with zero attached hydrogens (tertiary/aromatic N) is 2. The van der Waals surface area contributed by atoms with Crippen LogP contribution in [0.5, 0.6) is 0 Å². The van der Waals surface area contributed by atoms with Crippen molar-refractivity contribution in [2.75, 3.05) is 11.9 Å². The lowest BCUT2D eigenvalue weighted by Gasteiger charge is -2.08. The van der Waals surface area contributed by atoms with Crippen molar-refractivity contribution in [2.24, 2.45) is 0 Å². The molecular weight excluding hydrogens is 386 g/mol. The van der Waals surface area contributed by atoms with Gasteiger partial charge in [0.2, 0.25) is 0 Å². The molecule has 0 saturated carbocycles. The van der Waals surface area contributed by atoms with Crippen LogP contribution < -0.4 is 5.32 Å². The number of esters is 1. The number of amides is 1. The Labute approximate surface area is 164 Å². The Kier molecular flexibility index (Phi) is 5.71. The number of nitro benzene ring substituents is 1. The van der Waals surface area contributed by atoms with Crippen LogP contribution in [0, 0.1) is 10.1 Å². The first kappa shape index (κ1) is 19.1. The molecule has 2 aromatic carbocycles. The van der Waals surface area contributed by atoms with Crippen LogP contribution in [0.3, 0.4) is 0 Å². The molecule has 1 amide bonds. The highest BCUT2D eigenvalue weighted by molar-refractivity contribution is 6.32. The Balaban J connectivity index is 1.60. The third kappa shape index (κ3) is 4.54. The zero-order chi connectivity index (χ0) is 20.1. The van der Waals surface area contributed by atoms with Gasteiger partial charge in [-0.3, -0.25) is 14.9 Å². The van der Waals surface area contributed by atoms with Crippen molar-refractivity contribution in [3.05, 3.63) is 87.7 Å². The highest BCUT2D eigenvalue weighted by Crippen LogP contribution is 2.27. The Morgan fingerprint density at radius 1 is 1.11 bits per heavy atom. The van der Waals surface area contributed by atoms with Gasteiger partial charge in [0.1, 0.15) is 5.02 Å². The fraction of sp³-hybridized carbons (Fsp3) is 0.0526. The summed E-state index contributed by atoms with van der Waals surface area (Å²) in [4.78, 5) is 34.4. The van der Waals surface area contributed by atoms with Gasteiger partial charge in [0.25, 0.3) is 11.6 Å². The van der Waals surface area contributed by atoms with Crippen LogP contribution >= 0.6 is 11.6 Å². The number of halogens is 1. The minimum absolute atomic E-state index is 0.0444. The SMILES string of the molecule is O=C(COC(=O)c1cccc(-n2cccc2)c1)Nc1ccc(Cl)c([N+](=O)[O-])c1. The van der Waals surface area contributed by atoms with E-state index < -0.39 is 23.4 Å². The van der Waals surface area contributed by atoms with E-state index in [1.165, 1.54) is 12.1 Å². The molecule has 0 atom stereocenters. The van der Waals surface area contributed by atoms with Crippen molar-refractivity contribution < 1.29 is 19.2 Å². The summed E-state index contributed by atoms with van der Waals surface area (Å²) in [7, 11) is 0. The summed E-state index contributed by atoms with van der Waals surface area (Å²) in [6.45, 7) is -0.539. The summed E-state index contributed by atoms with van der Waals surface area (Å²) in [5.41, 5.74) is 0.906. The molecule has 1 aromatic heterocycles. The van der Waals surface area contributed by atoms with E-state index in [0.717, 1.165) is 11.8 Å². The molecule has 0 unspecified atom stereocenters. The molecule has 1 heterocycles. The zero-order valence-electron chi connectivity index (χ0n) is 14.4. The number of ether oxygens (including phenoxy) is 1. The maximum atomic E-state index is 12.2. The topological polar surface area (TPSA) is 103 Å². The van der Waals surface area contributed by atoms with Crippen molar-refractivity contribution in [2.45, 2.75) is 0 Å². The number of rotatable bonds is 6. The summed E-state index contributed by atoms with van der Waals surface area (Å²) in [5.74, 6) is -1.29. The molecule has 0 fully saturated rings. The van der Waals surface area contributed by atoms with E-state index in [4.69, 9.17) is 16.3 Å². The molecule has 142 valence electrons. The molecule has 28 heavy (non-hydrogen) atoms. The third-order valence-electron chi connectivity index (χ3n) is 3.75. The van der Waals surface area contributed by atoms with Gasteiger partial charge in [-0.15, -0.1) is 0 Å². The van der Waals surface area contributed by atoms with Crippen LogP contribution in [0.15, 0.2) is 67.0 Å². The van der Waals surface area contributed by atoms with E-state index in [1.807, 2.05) is 35.2 Å². The third-order valence-corrected chi connectivity index (χ3v) is 4.07. The molecule has 0 aliphatic carbocycles. The number of hydrogen-bond acceptors (Lipinski definition) is 5. The quantitative estimate of drug-likeness (QED) is 0.385. The first-order chi connectivity index (χ1) is 13.4. The van der Waals surface area contributed by atoms with Crippen LogP contribution in [0.25, 0.3) is 5.69 Å². The predicted octanol–water partition coefficient (Wildman–Crippen LogP) is 3.83. The average molecular weight is 400 g/mol. The second kappa shape index (κ2) is 8.36. The van der Waals surface area contributed by atoms with Crippen molar-refractivity contribution in [3.63, 3.8) is 0 Å². The van der Waals surface area contributed by atoms with Gasteiger partial charge in [-0.05, 0) is 42.5 Å². The summed E-state index contributed by atoms with van der Waals surface area (Å²) in [6.07, 6.45) is 3.67. The largest absolute Gasteiger partial charge is 0.452 e. The molecule has 0 spiro atoms. The van der Waals surface area contributed by atoms with Gasteiger partial charge >= 0.3 is 5.97 Å². The lowest BCUT2D eigenvalue weighted by Crippen LogP contribution is -2.21. The summed E-state index contributed by atoms with van der Waals surface area (Å²) >= 11 is 5.72. The van der Waals surface area contributed by atoms with Gasteiger partial charge in [0.15, 0.2) is 6.61 Å². The fourth-order valence-electron chi connectivity index (χ4n) is 2.44. The standard InChI is InChI=1S/C19H14ClN3O5/c20-16-7-6-14(11-17(16)23(26)27)21-18(24)12-28-19(25)13-4-3-5-15(10-13)22-8-1-2-9-22/h1-11H,12H2,(H,21,24). The van der Waals surface area contributed by atoms with Gasteiger partial charge < -0.3 is 14.6 Å². The van der Waals surface area contributed by atoms with E-state index in [0.29, 0.717) is 5.56 Å². The fourth-order valence-corrected chi connectivity index (χ4v) is 2.63. The second-order valence-corrected chi connectivity index (χ2v) is 6.10. The van der Waals surface area contributed by atoms with E-state index in [9.17, 15) is 19.7 Å². The Bertz CT molecular complexity index is 1030. The highest BCUT2D eigenvalue weighted by Gasteiger charge is 2.15. The van der Waals surface area contributed by atoms with Crippen molar-refractivity contribution in [1.82, 2.24) is 4.57 Å². The first-order valence-electron chi connectivity index (χ1n) is 8.08. The number of anilines is 1. The minimum Gasteiger partial charge on any atom is -0.452 e. The summed E-state index contributed by atoms with van der Waals surface area (Å²) < 4.78 is 6.85. The number of aromatic nitrogens is 1. The van der Waals surface area contributed by atoms with Gasteiger partial charge in [-0.1, -0.05) is 17.7 Å². The van der Waals surface area contributed by atoms with E-state index in [1.54, 1.807) is 18.2 Å². The van der Waals surface area contributed by atoms with Crippen LogP contribution in [0.1, 0.15) is 10.4 Å². The molecule has 0 aliphatic rings. The van der Waals surface area contributed by atoms with E-state index >= 15 is 0 Å². The van der Waals surface area contributed by atoms with Crippen molar-refractivity contribution >= 4 is 34.9 Å². The van der Waals surface area contributed by atoms with Gasteiger partial charge in [-0.2, -0.15) is 0 Å². The first-order valence-corrected chi connectivity index (χ1v) is 8.46. The Morgan fingerprint density at radius 2 is 1.86 bits per heavy atom. The molecule has 0 saturated heterocycles. The molecular formula is C19H14ClN3O5. The second-order valence-electron chi connectivity index (χ2n) is 5.69. The van der Waals surface area contributed by atoms with Crippen LogP contribution in [-0.2, 0) is 9.53 Å². The van der Waals surface area contributed by atoms with E-state index in [2.05, 4.69) is 5.32 Å². The maximum Gasteiger partial charge on any atom is 0.338 e. The Morgan fingerprint density at radius 3 is 2.57 bits per heavy atom. The monoisotopic (exact) mass is 399 g/mol. The Hall–Kier alpha value is -3.65. The molecule has 8 nitrogen and oxygen atoms in total. The molecule has 9 heteroatoms. The van der Waals surface area contributed by atoms with Gasteiger partial charge in [0.05, 0.1) is 10.5 Å². The number of hydrogen-bond donors (Lipinski definition) is 1. The molecule has 3 rings (SSSR count). The van der Waals surface area contributed by atoms with Crippen LogP contribution in [0.2, 0.25) is 5.02 Å². The maximum absolute atomic E-state index is 12.2. The van der Waals surface area contributed by atoms with E-state index in [-0.39, 0.29) is 16.4 Å². The number of nitrogens with one attached hydrogen (secondary N) is 1. The zero-order valence-corrected chi connectivity index (χ0v) is 15.1. The van der Waals surface area contributed by atoms with Crippen molar-refractivity contribution in [1.29, 1.82) is 0 Å². The van der Waals surface area contributed by atoms with Crippen LogP contribution in [0.4, 0.5) is 11.4 Å². The summed E-state index contributed by atoms with van der Waals surface area (Å²) in [5, 5.41) is 13.3. The summed E-state index contributed by atoms with van der Waals surface area (Å²) in [6, 6.07) is 14.3. The average Bonchev–Trinajstić information content (AvgIpc) is 3.22. The minimum atomic E-state index is -0.661. The molecule has 3 aromatic rings.